The smallest absolute Gasteiger partial charge is 0.244 e. The van der Waals surface area contributed by atoms with Crippen LogP contribution in [-0.2, 0) is 4.79 Å². The average molecular weight is 232 g/mol. The van der Waals surface area contributed by atoms with E-state index in [9.17, 15) is 4.79 Å². The molecular formula is C12H16N4O. The van der Waals surface area contributed by atoms with E-state index in [1.807, 2.05) is 39.8 Å². The largest absolute Gasteiger partial charge is 0.293 e. The summed E-state index contributed by atoms with van der Waals surface area (Å²) in [5.74, 6) is -0.814. The summed E-state index contributed by atoms with van der Waals surface area (Å²) in [6.07, 6.45) is 0. The van der Waals surface area contributed by atoms with Gasteiger partial charge in [0.25, 0.3) is 0 Å². The summed E-state index contributed by atoms with van der Waals surface area (Å²) in [5, 5.41) is 11.5. The minimum absolute atomic E-state index is 0.0362. The van der Waals surface area contributed by atoms with Crippen molar-refractivity contribution in [2.45, 2.75) is 27.7 Å². The van der Waals surface area contributed by atoms with Crippen molar-refractivity contribution in [2.24, 2.45) is 11.8 Å². The van der Waals surface area contributed by atoms with Crippen molar-refractivity contribution >= 4 is 11.9 Å². The summed E-state index contributed by atoms with van der Waals surface area (Å²) < 4.78 is 0. The molecule has 17 heavy (non-hydrogen) atoms. The first-order valence-corrected chi connectivity index (χ1v) is 5.46. The van der Waals surface area contributed by atoms with E-state index < -0.39 is 5.92 Å². The molecule has 0 radical (unpaired) electrons. The summed E-state index contributed by atoms with van der Waals surface area (Å²) >= 11 is 0. The second-order valence-electron chi connectivity index (χ2n) is 4.31. The molecule has 1 unspecified atom stereocenters. The number of aryl methyl sites for hydroxylation is 2. The first-order chi connectivity index (χ1) is 7.93. The van der Waals surface area contributed by atoms with Gasteiger partial charge in [0.15, 0.2) is 0 Å². The van der Waals surface area contributed by atoms with Crippen LogP contribution >= 0.6 is 0 Å². The van der Waals surface area contributed by atoms with Crippen LogP contribution in [0.2, 0.25) is 0 Å². The van der Waals surface area contributed by atoms with Crippen LogP contribution in [0.15, 0.2) is 6.07 Å². The zero-order chi connectivity index (χ0) is 13.0. The third-order valence-electron chi connectivity index (χ3n) is 2.31. The number of carbonyl (C=O) groups is 1. The molecule has 1 aromatic heterocycles. The molecule has 1 aromatic rings. The molecule has 0 aromatic carbocycles. The van der Waals surface area contributed by atoms with Gasteiger partial charge in [-0.1, -0.05) is 13.8 Å². The molecule has 1 heterocycles. The highest BCUT2D eigenvalue weighted by molar-refractivity contribution is 5.92. The highest BCUT2D eigenvalue weighted by Gasteiger charge is 2.22. The van der Waals surface area contributed by atoms with Crippen molar-refractivity contribution in [3.63, 3.8) is 0 Å². The Morgan fingerprint density at radius 2 is 1.88 bits per heavy atom. The monoisotopic (exact) mass is 232 g/mol. The van der Waals surface area contributed by atoms with Gasteiger partial charge in [0.2, 0.25) is 11.9 Å². The van der Waals surface area contributed by atoms with Gasteiger partial charge in [-0.2, -0.15) is 5.26 Å². The van der Waals surface area contributed by atoms with Crippen molar-refractivity contribution in [2.75, 3.05) is 5.32 Å². The summed E-state index contributed by atoms with van der Waals surface area (Å²) in [7, 11) is 0. The Bertz CT molecular complexity index is 442. The highest BCUT2D eigenvalue weighted by atomic mass is 16.2. The predicted molar refractivity (Wildman–Crippen MR) is 64.1 cm³/mol. The number of anilines is 1. The number of hydrogen-bond donors (Lipinski definition) is 1. The molecule has 1 atom stereocenters. The summed E-state index contributed by atoms with van der Waals surface area (Å²) in [6, 6.07) is 3.80. The highest BCUT2D eigenvalue weighted by Crippen LogP contribution is 2.12. The van der Waals surface area contributed by atoms with Crippen LogP contribution in [0.1, 0.15) is 25.2 Å². The predicted octanol–water partition coefficient (Wildman–Crippen LogP) is 1.83. The number of nitriles is 1. The Balaban J connectivity index is 2.84. The van der Waals surface area contributed by atoms with Gasteiger partial charge in [-0.25, -0.2) is 9.97 Å². The van der Waals surface area contributed by atoms with E-state index >= 15 is 0 Å². The van der Waals surface area contributed by atoms with Gasteiger partial charge < -0.3 is 0 Å². The van der Waals surface area contributed by atoms with Crippen LogP contribution in [0.4, 0.5) is 5.95 Å². The summed E-state index contributed by atoms with van der Waals surface area (Å²) in [5.41, 5.74) is 1.57. The fourth-order valence-electron chi connectivity index (χ4n) is 1.48. The van der Waals surface area contributed by atoms with Crippen LogP contribution in [-0.4, -0.2) is 15.9 Å². The number of carbonyl (C=O) groups excluding carboxylic acids is 1. The van der Waals surface area contributed by atoms with Crippen LogP contribution in [0.3, 0.4) is 0 Å². The average Bonchev–Trinajstić information content (AvgIpc) is 2.15. The lowest BCUT2D eigenvalue weighted by atomic mass is 9.97. The fourth-order valence-corrected chi connectivity index (χ4v) is 1.48. The molecule has 0 fully saturated rings. The molecule has 0 aliphatic heterocycles. The maximum atomic E-state index is 11.8. The number of hydrogen-bond acceptors (Lipinski definition) is 4. The molecule has 0 aliphatic carbocycles. The van der Waals surface area contributed by atoms with E-state index in [0.717, 1.165) is 11.4 Å². The molecule has 0 bridgehead atoms. The zero-order valence-electron chi connectivity index (χ0n) is 10.5. The van der Waals surface area contributed by atoms with Gasteiger partial charge in [0.05, 0.1) is 6.07 Å². The number of aromatic nitrogens is 2. The Morgan fingerprint density at radius 1 is 1.35 bits per heavy atom. The molecule has 1 rings (SSSR count). The quantitative estimate of drug-likeness (QED) is 0.862. The van der Waals surface area contributed by atoms with Crippen molar-refractivity contribution in [3.05, 3.63) is 17.5 Å². The van der Waals surface area contributed by atoms with Gasteiger partial charge in [-0.05, 0) is 25.8 Å². The summed E-state index contributed by atoms with van der Waals surface area (Å²) in [4.78, 5) is 20.0. The van der Waals surface area contributed by atoms with E-state index in [1.54, 1.807) is 0 Å². The van der Waals surface area contributed by atoms with Crippen LogP contribution < -0.4 is 5.32 Å². The topological polar surface area (TPSA) is 78.7 Å². The van der Waals surface area contributed by atoms with Crippen molar-refractivity contribution in [1.82, 2.24) is 9.97 Å². The van der Waals surface area contributed by atoms with Crippen LogP contribution in [0.5, 0.6) is 0 Å². The molecule has 1 N–H and O–H groups in total. The molecule has 1 amide bonds. The normalized spacial score (nSPS) is 12.0. The molecule has 0 saturated carbocycles. The van der Waals surface area contributed by atoms with Gasteiger partial charge in [-0.15, -0.1) is 0 Å². The Labute approximate surface area is 101 Å². The fraction of sp³-hybridized carbons (Fsp3) is 0.500. The molecule has 0 spiro atoms. The second-order valence-corrected chi connectivity index (χ2v) is 4.31. The van der Waals surface area contributed by atoms with Crippen molar-refractivity contribution in [1.29, 1.82) is 5.26 Å². The molecular weight excluding hydrogens is 216 g/mol. The number of rotatable bonds is 3. The van der Waals surface area contributed by atoms with Gasteiger partial charge in [0.1, 0.15) is 5.92 Å². The van der Waals surface area contributed by atoms with E-state index in [0.29, 0.717) is 0 Å². The molecule has 90 valence electrons. The Kier molecular flexibility index (Phi) is 4.16. The maximum absolute atomic E-state index is 11.8. The Hall–Kier alpha value is -1.96. The molecule has 0 aliphatic rings. The standard InChI is InChI=1S/C12H16N4O/c1-7(2)10(6-13)11(17)16-12-14-8(3)5-9(4)15-12/h5,7,10H,1-4H3,(H,14,15,16,17). The van der Waals surface area contributed by atoms with Crippen LogP contribution in [0, 0.1) is 37.0 Å². The molecule has 5 nitrogen and oxygen atoms in total. The SMILES string of the molecule is Cc1cc(C)nc(NC(=O)C(C#N)C(C)C)n1. The number of amides is 1. The van der Waals surface area contributed by atoms with Gasteiger partial charge in [-0.3, -0.25) is 10.1 Å². The zero-order valence-corrected chi connectivity index (χ0v) is 10.5. The lowest BCUT2D eigenvalue weighted by Crippen LogP contribution is -2.26. The third kappa shape index (κ3) is 3.52. The van der Waals surface area contributed by atoms with Gasteiger partial charge >= 0.3 is 0 Å². The first kappa shape index (κ1) is 13.1. The summed E-state index contributed by atoms with van der Waals surface area (Å²) in [6.45, 7) is 7.31. The van der Waals surface area contributed by atoms with Crippen LogP contribution in [0.25, 0.3) is 0 Å². The first-order valence-electron chi connectivity index (χ1n) is 5.46. The lowest BCUT2D eigenvalue weighted by Gasteiger charge is -2.12. The molecule has 5 heteroatoms. The molecule has 0 saturated heterocycles. The lowest BCUT2D eigenvalue weighted by molar-refractivity contribution is -0.119. The number of nitrogens with zero attached hydrogens (tertiary/aromatic N) is 3. The second kappa shape index (κ2) is 5.39. The third-order valence-corrected chi connectivity index (χ3v) is 2.31. The van der Waals surface area contributed by atoms with E-state index in [4.69, 9.17) is 5.26 Å². The van der Waals surface area contributed by atoms with Gasteiger partial charge in [0, 0.05) is 11.4 Å². The maximum Gasteiger partial charge on any atom is 0.244 e. The van der Waals surface area contributed by atoms with Crippen molar-refractivity contribution < 1.29 is 4.79 Å². The van der Waals surface area contributed by atoms with Crippen molar-refractivity contribution in [3.8, 4) is 6.07 Å². The van der Waals surface area contributed by atoms with E-state index in [2.05, 4.69) is 15.3 Å². The minimum Gasteiger partial charge on any atom is -0.293 e. The Morgan fingerprint density at radius 3 is 2.29 bits per heavy atom. The van der Waals surface area contributed by atoms with E-state index in [1.165, 1.54) is 0 Å². The minimum atomic E-state index is -0.681. The van der Waals surface area contributed by atoms with E-state index in [-0.39, 0.29) is 17.8 Å². The number of nitrogens with one attached hydrogen (secondary N) is 1.